The van der Waals surface area contributed by atoms with Crippen LogP contribution in [0.5, 0.6) is 5.75 Å². The summed E-state index contributed by atoms with van der Waals surface area (Å²) in [4.78, 5) is 12.3. The van der Waals surface area contributed by atoms with Gasteiger partial charge in [-0.15, -0.1) is 0 Å². The van der Waals surface area contributed by atoms with Crippen molar-refractivity contribution in [3.63, 3.8) is 0 Å². The number of rotatable bonds is 6. The highest BCUT2D eigenvalue weighted by atomic mass is 35.5. The summed E-state index contributed by atoms with van der Waals surface area (Å²) in [7, 11) is -3.10. The van der Waals surface area contributed by atoms with Crippen molar-refractivity contribution in [1.82, 2.24) is 5.32 Å². The molecule has 0 atom stereocenters. The zero-order valence-corrected chi connectivity index (χ0v) is 14.5. The molecule has 0 unspecified atom stereocenters. The first-order valence-electron chi connectivity index (χ1n) is 7.47. The van der Waals surface area contributed by atoms with Gasteiger partial charge in [0.25, 0.3) is 0 Å². The Kier molecular flexibility index (Phi) is 6.26. The average molecular weight is 361 g/mol. The van der Waals surface area contributed by atoms with Crippen LogP contribution in [0.25, 0.3) is 0 Å². The van der Waals surface area contributed by atoms with Crippen molar-refractivity contribution < 1.29 is 17.9 Å². The van der Waals surface area contributed by atoms with E-state index in [1.807, 2.05) is 0 Å². The van der Waals surface area contributed by atoms with E-state index in [1.165, 1.54) is 0 Å². The molecular formula is C15H21ClN2O4S. The van der Waals surface area contributed by atoms with Crippen LogP contribution in [0.3, 0.4) is 0 Å². The number of benzene rings is 1. The summed E-state index contributed by atoms with van der Waals surface area (Å²) in [5.41, 5.74) is 0.467. The van der Waals surface area contributed by atoms with E-state index in [9.17, 15) is 13.2 Å². The van der Waals surface area contributed by atoms with Gasteiger partial charge in [-0.1, -0.05) is 11.6 Å². The number of carbonyl (C=O) groups is 1. The summed E-state index contributed by atoms with van der Waals surface area (Å²) in [5.74, 6) is 0.221. The summed E-state index contributed by atoms with van der Waals surface area (Å²) in [6, 6.07) is 4.87. The van der Waals surface area contributed by atoms with Gasteiger partial charge in [0.1, 0.15) is 12.4 Å². The average Bonchev–Trinajstić information content (AvgIpc) is 2.49. The van der Waals surface area contributed by atoms with Crippen molar-refractivity contribution in [3.05, 3.63) is 23.2 Å². The maximum Gasteiger partial charge on any atom is 0.227 e. The molecule has 128 valence electrons. The van der Waals surface area contributed by atoms with E-state index in [2.05, 4.69) is 10.6 Å². The summed E-state index contributed by atoms with van der Waals surface area (Å²) in [5, 5.41) is 6.53. The molecular weight excluding hydrogens is 340 g/mol. The number of hydrogen-bond donors (Lipinski definition) is 2. The largest absolute Gasteiger partial charge is 0.490 e. The third kappa shape index (κ3) is 6.01. The van der Waals surface area contributed by atoms with E-state index in [0.717, 1.165) is 32.2 Å². The maximum absolute atomic E-state index is 12.3. The van der Waals surface area contributed by atoms with Crippen molar-refractivity contribution >= 4 is 33.0 Å². The van der Waals surface area contributed by atoms with Crippen molar-refractivity contribution in [3.8, 4) is 5.75 Å². The molecule has 0 saturated carbocycles. The lowest BCUT2D eigenvalue weighted by molar-refractivity contribution is -0.120. The van der Waals surface area contributed by atoms with Crippen LogP contribution in [0.4, 0.5) is 5.69 Å². The molecule has 1 aromatic carbocycles. The molecule has 23 heavy (non-hydrogen) atoms. The Morgan fingerprint density at radius 3 is 2.74 bits per heavy atom. The standard InChI is InChI=1S/C15H21ClN2O4S/c1-23(20,21)9-8-22-14-3-2-12(16)10-13(14)18-15(19)11-4-6-17-7-5-11/h2-3,10-11,17H,4-9H2,1H3,(H,18,19). The monoisotopic (exact) mass is 360 g/mol. The number of carbonyl (C=O) groups excluding carboxylic acids is 1. The lowest BCUT2D eigenvalue weighted by atomic mass is 9.97. The van der Waals surface area contributed by atoms with Crippen LogP contribution in [0.2, 0.25) is 5.02 Å². The Balaban J connectivity index is 2.04. The molecule has 1 fully saturated rings. The van der Waals surface area contributed by atoms with Gasteiger partial charge in [-0.05, 0) is 44.1 Å². The third-order valence-electron chi connectivity index (χ3n) is 3.62. The first-order chi connectivity index (χ1) is 10.8. The second kappa shape index (κ2) is 7.99. The number of amides is 1. The summed E-state index contributed by atoms with van der Waals surface area (Å²) >= 11 is 5.98. The van der Waals surface area contributed by atoms with E-state index < -0.39 is 9.84 Å². The van der Waals surface area contributed by atoms with E-state index in [4.69, 9.17) is 16.3 Å². The minimum atomic E-state index is -3.10. The molecule has 1 aromatic rings. The molecule has 0 spiro atoms. The van der Waals surface area contributed by atoms with Crippen molar-refractivity contribution in [2.75, 3.05) is 37.0 Å². The fourth-order valence-electron chi connectivity index (χ4n) is 2.35. The molecule has 1 aliphatic heterocycles. The molecule has 0 aromatic heterocycles. The summed E-state index contributed by atoms with van der Waals surface area (Å²) in [6.07, 6.45) is 2.73. The zero-order valence-electron chi connectivity index (χ0n) is 13.0. The molecule has 2 N–H and O–H groups in total. The number of halogens is 1. The number of hydrogen-bond acceptors (Lipinski definition) is 5. The first kappa shape index (κ1) is 18.0. The molecule has 6 nitrogen and oxygen atoms in total. The predicted octanol–water partition coefficient (Wildman–Crippen LogP) is 1.70. The smallest absolute Gasteiger partial charge is 0.227 e. The molecule has 1 aliphatic rings. The Bertz CT molecular complexity index is 657. The zero-order chi connectivity index (χ0) is 16.9. The van der Waals surface area contributed by atoms with Crippen LogP contribution in [-0.4, -0.2) is 46.0 Å². The first-order valence-corrected chi connectivity index (χ1v) is 9.90. The number of piperidine rings is 1. The fourth-order valence-corrected chi connectivity index (χ4v) is 2.91. The van der Waals surface area contributed by atoms with Crippen LogP contribution < -0.4 is 15.4 Å². The molecule has 8 heteroatoms. The highest BCUT2D eigenvalue weighted by molar-refractivity contribution is 7.90. The second-order valence-electron chi connectivity index (χ2n) is 5.63. The van der Waals surface area contributed by atoms with Gasteiger partial charge < -0.3 is 15.4 Å². The summed E-state index contributed by atoms with van der Waals surface area (Å²) < 4.78 is 27.8. The van der Waals surface area contributed by atoms with E-state index >= 15 is 0 Å². The summed E-state index contributed by atoms with van der Waals surface area (Å²) in [6.45, 7) is 1.67. The van der Waals surface area contributed by atoms with Crippen LogP contribution >= 0.6 is 11.6 Å². The normalized spacial score (nSPS) is 16.1. The van der Waals surface area contributed by atoms with Crippen LogP contribution in [0.1, 0.15) is 12.8 Å². The fraction of sp³-hybridized carbons (Fsp3) is 0.533. The Morgan fingerprint density at radius 1 is 1.39 bits per heavy atom. The molecule has 1 amide bonds. The molecule has 1 saturated heterocycles. The minimum absolute atomic E-state index is 0.0245. The highest BCUT2D eigenvalue weighted by Crippen LogP contribution is 2.29. The van der Waals surface area contributed by atoms with E-state index in [1.54, 1.807) is 18.2 Å². The van der Waals surface area contributed by atoms with Crippen molar-refractivity contribution in [2.45, 2.75) is 12.8 Å². The predicted molar refractivity (Wildman–Crippen MR) is 90.9 cm³/mol. The van der Waals surface area contributed by atoms with Gasteiger partial charge in [-0.25, -0.2) is 8.42 Å². The van der Waals surface area contributed by atoms with Gasteiger partial charge in [0.2, 0.25) is 5.91 Å². The molecule has 0 aliphatic carbocycles. The quantitative estimate of drug-likeness (QED) is 0.806. The van der Waals surface area contributed by atoms with Crippen LogP contribution in [0.15, 0.2) is 18.2 Å². The van der Waals surface area contributed by atoms with Gasteiger partial charge >= 0.3 is 0 Å². The van der Waals surface area contributed by atoms with Gasteiger partial charge in [-0.3, -0.25) is 4.79 Å². The lowest BCUT2D eigenvalue weighted by Gasteiger charge is -2.22. The lowest BCUT2D eigenvalue weighted by Crippen LogP contribution is -2.34. The van der Waals surface area contributed by atoms with Crippen LogP contribution in [-0.2, 0) is 14.6 Å². The number of nitrogens with one attached hydrogen (secondary N) is 2. The molecule has 2 rings (SSSR count). The highest BCUT2D eigenvalue weighted by Gasteiger charge is 2.22. The topological polar surface area (TPSA) is 84.5 Å². The SMILES string of the molecule is CS(=O)(=O)CCOc1ccc(Cl)cc1NC(=O)C1CCNCC1. The Labute approximate surface area is 141 Å². The second-order valence-corrected chi connectivity index (χ2v) is 8.33. The van der Waals surface area contributed by atoms with Gasteiger partial charge in [0, 0.05) is 17.2 Å². The third-order valence-corrected chi connectivity index (χ3v) is 4.76. The minimum Gasteiger partial charge on any atom is -0.490 e. The van der Waals surface area contributed by atoms with Gasteiger partial charge in [-0.2, -0.15) is 0 Å². The van der Waals surface area contributed by atoms with Crippen molar-refractivity contribution in [2.24, 2.45) is 5.92 Å². The van der Waals surface area contributed by atoms with Gasteiger partial charge in [0.05, 0.1) is 11.4 Å². The Morgan fingerprint density at radius 2 is 2.09 bits per heavy atom. The van der Waals surface area contributed by atoms with E-state index in [0.29, 0.717) is 16.5 Å². The van der Waals surface area contributed by atoms with Gasteiger partial charge in [0.15, 0.2) is 9.84 Å². The van der Waals surface area contributed by atoms with E-state index in [-0.39, 0.29) is 24.2 Å². The number of sulfone groups is 1. The Hall–Kier alpha value is -1.31. The van der Waals surface area contributed by atoms with Crippen LogP contribution in [0, 0.1) is 5.92 Å². The molecule has 0 bridgehead atoms. The maximum atomic E-state index is 12.3. The number of anilines is 1. The van der Waals surface area contributed by atoms with Crippen molar-refractivity contribution in [1.29, 1.82) is 0 Å². The number of ether oxygens (including phenoxy) is 1. The molecule has 0 radical (unpaired) electrons. The molecule has 1 heterocycles.